The fraction of sp³-hybridized carbons (Fsp3) is 0.400. The lowest BCUT2D eigenvalue weighted by atomic mass is 10.0. The lowest BCUT2D eigenvalue weighted by Crippen LogP contribution is -1.88. The highest BCUT2D eigenvalue weighted by atomic mass is 79.9. The SMILES string of the molecule is Cc1cc(F)ccc1C1CC1Br. The molecule has 0 spiro atoms. The second-order valence-electron chi connectivity index (χ2n) is 3.36. The summed E-state index contributed by atoms with van der Waals surface area (Å²) in [7, 11) is 0. The first kappa shape index (κ1) is 8.24. The molecular weight excluding hydrogens is 219 g/mol. The standard InChI is InChI=1S/C10H10BrF/c1-6-4-7(12)2-3-8(6)9-5-10(9)11/h2-4,9-10H,5H2,1H3. The molecule has 0 aromatic heterocycles. The van der Waals surface area contributed by atoms with Gasteiger partial charge in [-0.2, -0.15) is 0 Å². The van der Waals surface area contributed by atoms with Crippen molar-refractivity contribution >= 4 is 15.9 Å². The summed E-state index contributed by atoms with van der Waals surface area (Å²) in [6.07, 6.45) is 1.19. The van der Waals surface area contributed by atoms with Gasteiger partial charge < -0.3 is 0 Å². The molecule has 64 valence electrons. The van der Waals surface area contributed by atoms with Crippen molar-refractivity contribution < 1.29 is 4.39 Å². The molecule has 0 aliphatic heterocycles. The highest BCUT2D eigenvalue weighted by molar-refractivity contribution is 9.09. The number of aryl methyl sites for hydroxylation is 1. The van der Waals surface area contributed by atoms with Crippen LogP contribution in [0.1, 0.15) is 23.5 Å². The molecule has 0 radical (unpaired) electrons. The van der Waals surface area contributed by atoms with Crippen molar-refractivity contribution in [1.29, 1.82) is 0 Å². The molecule has 2 unspecified atom stereocenters. The Kier molecular flexibility index (Phi) is 1.95. The van der Waals surface area contributed by atoms with Gasteiger partial charge in [-0.3, -0.25) is 0 Å². The molecule has 1 fully saturated rings. The molecule has 1 aliphatic rings. The van der Waals surface area contributed by atoms with Crippen LogP contribution in [0.5, 0.6) is 0 Å². The van der Waals surface area contributed by atoms with Crippen LogP contribution in [-0.4, -0.2) is 4.83 Å². The van der Waals surface area contributed by atoms with Crippen molar-refractivity contribution in [2.24, 2.45) is 0 Å². The van der Waals surface area contributed by atoms with Crippen molar-refractivity contribution in [2.45, 2.75) is 24.1 Å². The second kappa shape index (κ2) is 2.84. The average molecular weight is 229 g/mol. The first-order valence-electron chi connectivity index (χ1n) is 4.08. The largest absolute Gasteiger partial charge is 0.207 e. The summed E-state index contributed by atoms with van der Waals surface area (Å²) < 4.78 is 12.7. The third kappa shape index (κ3) is 1.40. The minimum Gasteiger partial charge on any atom is -0.207 e. The van der Waals surface area contributed by atoms with E-state index in [9.17, 15) is 4.39 Å². The Morgan fingerprint density at radius 3 is 2.67 bits per heavy atom. The summed E-state index contributed by atoms with van der Waals surface area (Å²) in [4.78, 5) is 0.613. The molecule has 0 heterocycles. The summed E-state index contributed by atoms with van der Waals surface area (Å²) in [5.74, 6) is 0.480. The van der Waals surface area contributed by atoms with Crippen LogP contribution in [0.25, 0.3) is 0 Å². The van der Waals surface area contributed by atoms with Gasteiger partial charge in [-0.1, -0.05) is 22.0 Å². The van der Waals surface area contributed by atoms with E-state index in [0.717, 1.165) is 5.56 Å². The van der Waals surface area contributed by atoms with E-state index in [4.69, 9.17) is 0 Å². The van der Waals surface area contributed by atoms with E-state index in [2.05, 4.69) is 15.9 Å². The Balaban J connectivity index is 2.33. The summed E-state index contributed by atoms with van der Waals surface area (Å²) in [5, 5.41) is 0. The maximum atomic E-state index is 12.7. The molecule has 2 rings (SSSR count). The van der Waals surface area contributed by atoms with E-state index >= 15 is 0 Å². The van der Waals surface area contributed by atoms with E-state index in [0.29, 0.717) is 10.7 Å². The lowest BCUT2D eigenvalue weighted by Gasteiger charge is -2.02. The predicted molar refractivity (Wildman–Crippen MR) is 51.2 cm³/mol. The van der Waals surface area contributed by atoms with Crippen LogP contribution < -0.4 is 0 Å². The van der Waals surface area contributed by atoms with Crippen molar-refractivity contribution in [1.82, 2.24) is 0 Å². The van der Waals surface area contributed by atoms with Crippen molar-refractivity contribution in [2.75, 3.05) is 0 Å². The van der Waals surface area contributed by atoms with Crippen LogP contribution in [-0.2, 0) is 0 Å². The Hall–Kier alpha value is -0.370. The molecule has 2 atom stereocenters. The Labute approximate surface area is 79.9 Å². The van der Waals surface area contributed by atoms with Gasteiger partial charge in [0.15, 0.2) is 0 Å². The number of alkyl halides is 1. The molecule has 12 heavy (non-hydrogen) atoms. The minimum absolute atomic E-state index is 0.136. The summed E-state index contributed by atoms with van der Waals surface area (Å²) in [5.41, 5.74) is 2.36. The first-order chi connectivity index (χ1) is 5.68. The van der Waals surface area contributed by atoms with Crippen LogP contribution in [0.15, 0.2) is 18.2 Å². The van der Waals surface area contributed by atoms with Crippen molar-refractivity contribution in [3.8, 4) is 0 Å². The third-order valence-corrected chi connectivity index (χ3v) is 3.36. The van der Waals surface area contributed by atoms with Gasteiger partial charge in [0.05, 0.1) is 0 Å². The van der Waals surface area contributed by atoms with Crippen molar-refractivity contribution in [3.63, 3.8) is 0 Å². The Morgan fingerprint density at radius 2 is 2.17 bits per heavy atom. The fourth-order valence-corrected chi connectivity index (χ4v) is 2.23. The van der Waals surface area contributed by atoms with Crippen LogP contribution in [0.4, 0.5) is 4.39 Å². The molecule has 2 heteroatoms. The van der Waals surface area contributed by atoms with Gasteiger partial charge in [-0.15, -0.1) is 0 Å². The van der Waals surface area contributed by atoms with E-state index in [-0.39, 0.29) is 5.82 Å². The lowest BCUT2D eigenvalue weighted by molar-refractivity contribution is 0.625. The monoisotopic (exact) mass is 228 g/mol. The van der Waals surface area contributed by atoms with E-state index < -0.39 is 0 Å². The topological polar surface area (TPSA) is 0 Å². The molecule has 1 aromatic rings. The van der Waals surface area contributed by atoms with Gasteiger partial charge in [-0.25, -0.2) is 4.39 Å². The smallest absolute Gasteiger partial charge is 0.123 e. The highest BCUT2D eigenvalue weighted by Crippen LogP contribution is 2.47. The quantitative estimate of drug-likeness (QED) is 0.647. The summed E-state index contributed by atoms with van der Waals surface area (Å²) in [6.45, 7) is 1.97. The van der Waals surface area contributed by atoms with Crippen LogP contribution in [0.3, 0.4) is 0 Å². The van der Waals surface area contributed by atoms with Crippen LogP contribution >= 0.6 is 15.9 Å². The maximum absolute atomic E-state index is 12.7. The van der Waals surface area contributed by atoms with E-state index in [1.165, 1.54) is 12.0 Å². The van der Waals surface area contributed by atoms with Gasteiger partial charge in [0.2, 0.25) is 0 Å². The number of rotatable bonds is 1. The van der Waals surface area contributed by atoms with Gasteiger partial charge >= 0.3 is 0 Å². The average Bonchev–Trinajstić information content (AvgIpc) is 2.66. The van der Waals surface area contributed by atoms with Crippen molar-refractivity contribution in [3.05, 3.63) is 35.1 Å². The number of hydrogen-bond acceptors (Lipinski definition) is 0. The molecular formula is C10H10BrF. The predicted octanol–water partition coefficient (Wildman–Crippen LogP) is 3.38. The zero-order chi connectivity index (χ0) is 8.72. The van der Waals surface area contributed by atoms with E-state index in [1.807, 2.05) is 13.0 Å². The Morgan fingerprint density at radius 1 is 1.50 bits per heavy atom. The molecule has 0 amide bonds. The van der Waals surface area contributed by atoms with Crippen LogP contribution in [0.2, 0.25) is 0 Å². The zero-order valence-corrected chi connectivity index (χ0v) is 8.44. The molecule has 0 nitrogen and oxygen atoms in total. The number of halogens is 2. The molecule has 0 bridgehead atoms. The number of hydrogen-bond donors (Lipinski definition) is 0. The highest BCUT2D eigenvalue weighted by Gasteiger charge is 2.36. The second-order valence-corrected chi connectivity index (χ2v) is 4.54. The van der Waals surface area contributed by atoms with Gasteiger partial charge in [-0.05, 0) is 42.5 Å². The van der Waals surface area contributed by atoms with Crippen LogP contribution in [0, 0.1) is 12.7 Å². The minimum atomic E-state index is -0.136. The first-order valence-corrected chi connectivity index (χ1v) is 5.00. The summed E-state index contributed by atoms with van der Waals surface area (Å²) >= 11 is 3.54. The molecule has 1 saturated carbocycles. The van der Waals surface area contributed by atoms with Gasteiger partial charge in [0.25, 0.3) is 0 Å². The molecule has 0 N–H and O–H groups in total. The third-order valence-electron chi connectivity index (χ3n) is 2.34. The zero-order valence-electron chi connectivity index (χ0n) is 6.85. The Bertz CT molecular complexity index is 309. The molecule has 0 saturated heterocycles. The fourth-order valence-electron chi connectivity index (χ4n) is 1.54. The molecule has 1 aromatic carbocycles. The van der Waals surface area contributed by atoms with E-state index in [1.54, 1.807) is 12.1 Å². The normalized spacial score (nSPS) is 27.2. The van der Waals surface area contributed by atoms with Gasteiger partial charge in [0, 0.05) is 4.83 Å². The number of benzene rings is 1. The summed E-state index contributed by atoms with van der Waals surface area (Å²) in [6, 6.07) is 5.05. The van der Waals surface area contributed by atoms with Gasteiger partial charge in [0.1, 0.15) is 5.82 Å². The maximum Gasteiger partial charge on any atom is 0.123 e. The molecule has 1 aliphatic carbocycles.